The predicted octanol–water partition coefficient (Wildman–Crippen LogP) is 4.32. The van der Waals surface area contributed by atoms with Crippen LogP contribution < -0.4 is 5.32 Å². The molecule has 0 atom stereocenters. The first-order chi connectivity index (χ1) is 7.99. The molecule has 2 rings (SSSR count). The highest BCUT2D eigenvalue weighted by atomic mass is 32.1. The summed E-state index contributed by atoms with van der Waals surface area (Å²) in [6, 6.07) is 5.19. The summed E-state index contributed by atoms with van der Waals surface area (Å²) in [5, 5.41) is 4.93. The van der Waals surface area contributed by atoms with Gasteiger partial charge >= 0.3 is 0 Å². The van der Waals surface area contributed by atoms with E-state index in [1.54, 1.807) is 0 Å². The van der Waals surface area contributed by atoms with E-state index < -0.39 is 0 Å². The van der Waals surface area contributed by atoms with Crippen LogP contribution in [0.3, 0.4) is 0 Å². The van der Waals surface area contributed by atoms with Gasteiger partial charge in [-0.3, -0.25) is 0 Å². The van der Waals surface area contributed by atoms with Crippen LogP contribution in [0.1, 0.15) is 35.4 Å². The molecule has 0 aliphatic rings. The van der Waals surface area contributed by atoms with Gasteiger partial charge in [-0.2, -0.15) is 0 Å². The monoisotopic (exact) mass is 247 g/mol. The summed E-state index contributed by atoms with van der Waals surface area (Å²) in [4.78, 5) is 1.47. The third-order valence-electron chi connectivity index (χ3n) is 3.32. The molecule has 0 fully saturated rings. The molecule has 0 saturated carbocycles. The van der Waals surface area contributed by atoms with Gasteiger partial charge in [0, 0.05) is 22.2 Å². The molecule has 0 unspecified atom stereocenters. The van der Waals surface area contributed by atoms with E-state index in [-0.39, 0.29) is 0 Å². The fourth-order valence-electron chi connectivity index (χ4n) is 1.99. The Kier molecular flexibility index (Phi) is 3.55. The second-order valence-electron chi connectivity index (χ2n) is 5.12. The molecule has 0 saturated heterocycles. The standard InChI is InChI=1S/C15H21NS/c1-9(2)16-8-15-12(5)13-6-10(3)11(4)7-14(13)17-15/h6-7,9,16H,8H2,1-5H3. The lowest BCUT2D eigenvalue weighted by molar-refractivity contribution is 0.592. The number of nitrogens with one attached hydrogen (secondary N) is 1. The molecule has 0 amide bonds. The van der Waals surface area contributed by atoms with Crippen LogP contribution in [-0.2, 0) is 6.54 Å². The van der Waals surface area contributed by atoms with Gasteiger partial charge in [-0.05, 0) is 48.9 Å². The highest BCUT2D eigenvalue weighted by Crippen LogP contribution is 2.32. The van der Waals surface area contributed by atoms with E-state index >= 15 is 0 Å². The highest BCUT2D eigenvalue weighted by Gasteiger charge is 2.09. The minimum atomic E-state index is 0.545. The van der Waals surface area contributed by atoms with Gasteiger partial charge in [0.05, 0.1) is 0 Å². The van der Waals surface area contributed by atoms with Crippen molar-refractivity contribution in [2.24, 2.45) is 0 Å². The lowest BCUT2D eigenvalue weighted by Crippen LogP contribution is -2.21. The molecule has 1 aromatic heterocycles. The molecule has 0 aliphatic carbocycles. The van der Waals surface area contributed by atoms with Crippen LogP contribution in [0, 0.1) is 20.8 Å². The van der Waals surface area contributed by atoms with E-state index in [0.717, 1.165) is 6.54 Å². The van der Waals surface area contributed by atoms with Crippen molar-refractivity contribution in [3.63, 3.8) is 0 Å². The Balaban J connectivity index is 2.42. The van der Waals surface area contributed by atoms with Crippen LogP contribution in [-0.4, -0.2) is 6.04 Å². The van der Waals surface area contributed by atoms with Gasteiger partial charge in [-0.15, -0.1) is 11.3 Å². The Hall–Kier alpha value is -0.860. The molecule has 1 nitrogen and oxygen atoms in total. The summed E-state index contributed by atoms with van der Waals surface area (Å²) in [6.07, 6.45) is 0. The first-order valence-corrected chi connectivity index (χ1v) is 7.03. The van der Waals surface area contributed by atoms with Crippen molar-refractivity contribution in [1.82, 2.24) is 5.32 Å². The van der Waals surface area contributed by atoms with Crippen molar-refractivity contribution >= 4 is 21.4 Å². The first kappa shape index (κ1) is 12.6. The quantitative estimate of drug-likeness (QED) is 0.851. The average molecular weight is 247 g/mol. The molecule has 0 bridgehead atoms. The molecule has 2 heteroatoms. The summed E-state index contributed by atoms with van der Waals surface area (Å²) < 4.78 is 1.42. The smallest absolute Gasteiger partial charge is 0.0351 e. The summed E-state index contributed by atoms with van der Waals surface area (Å²) in [7, 11) is 0. The van der Waals surface area contributed by atoms with Crippen molar-refractivity contribution in [3.8, 4) is 0 Å². The third kappa shape index (κ3) is 2.53. The zero-order valence-electron chi connectivity index (χ0n) is 11.3. The average Bonchev–Trinajstić information content (AvgIpc) is 2.54. The number of benzene rings is 1. The van der Waals surface area contributed by atoms with E-state index in [2.05, 4.69) is 52.1 Å². The number of aryl methyl sites for hydroxylation is 3. The highest BCUT2D eigenvalue weighted by molar-refractivity contribution is 7.19. The van der Waals surface area contributed by atoms with Crippen LogP contribution in [0.4, 0.5) is 0 Å². The zero-order chi connectivity index (χ0) is 12.6. The summed E-state index contributed by atoms with van der Waals surface area (Å²) >= 11 is 1.93. The molecule has 0 spiro atoms. The normalized spacial score (nSPS) is 11.6. The number of hydrogen-bond acceptors (Lipinski definition) is 2. The van der Waals surface area contributed by atoms with E-state index in [4.69, 9.17) is 0 Å². The third-order valence-corrected chi connectivity index (χ3v) is 4.58. The Morgan fingerprint density at radius 3 is 2.41 bits per heavy atom. The Morgan fingerprint density at radius 2 is 1.76 bits per heavy atom. The van der Waals surface area contributed by atoms with Gasteiger partial charge in [0.2, 0.25) is 0 Å². The predicted molar refractivity (Wildman–Crippen MR) is 78.0 cm³/mol. The molecular formula is C15H21NS. The maximum Gasteiger partial charge on any atom is 0.0351 e. The number of fused-ring (bicyclic) bond motifs is 1. The van der Waals surface area contributed by atoms with Gasteiger partial charge in [0.25, 0.3) is 0 Å². The number of thiophene rings is 1. The van der Waals surface area contributed by atoms with Gasteiger partial charge in [0.15, 0.2) is 0 Å². The molecule has 92 valence electrons. The number of rotatable bonds is 3. The second kappa shape index (κ2) is 4.79. The summed E-state index contributed by atoms with van der Waals surface area (Å²) in [5.74, 6) is 0. The molecule has 0 aliphatic heterocycles. The summed E-state index contributed by atoms with van der Waals surface area (Å²) in [6.45, 7) is 12.0. The Labute approximate surface area is 108 Å². The lowest BCUT2D eigenvalue weighted by atomic mass is 10.1. The van der Waals surface area contributed by atoms with Gasteiger partial charge in [-0.1, -0.05) is 19.9 Å². The zero-order valence-corrected chi connectivity index (χ0v) is 12.2. The van der Waals surface area contributed by atoms with Crippen molar-refractivity contribution < 1.29 is 0 Å². The SMILES string of the molecule is Cc1cc2sc(CNC(C)C)c(C)c2cc1C. The van der Waals surface area contributed by atoms with E-state index in [0.29, 0.717) is 6.04 Å². The van der Waals surface area contributed by atoms with Gasteiger partial charge < -0.3 is 5.32 Å². The van der Waals surface area contributed by atoms with Gasteiger partial charge in [-0.25, -0.2) is 0 Å². The molecule has 17 heavy (non-hydrogen) atoms. The largest absolute Gasteiger partial charge is 0.310 e. The van der Waals surface area contributed by atoms with E-state index in [1.807, 2.05) is 11.3 Å². The molecule has 1 aromatic carbocycles. The maximum atomic E-state index is 3.50. The van der Waals surface area contributed by atoms with Crippen LogP contribution in [0.15, 0.2) is 12.1 Å². The Morgan fingerprint density at radius 1 is 1.12 bits per heavy atom. The first-order valence-electron chi connectivity index (χ1n) is 6.21. The fraction of sp³-hybridized carbons (Fsp3) is 0.467. The second-order valence-corrected chi connectivity index (χ2v) is 6.26. The van der Waals surface area contributed by atoms with Crippen molar-refractivity contribution in [2.75, 3.05) is 0 Å². The topological polar surface area (TPSA) is 12.0 Å². The summed E-state index contributed by atoms with van der Waals surface area (Å²) in [5.41, 5.74) is 4.23. The van der Waals surface area contributed by atoms with Crippen LogP contribution in [0.2, 0.25) is 0 Å². The molecule has 1 N–H and O–H groups in total. The molecule has 2 aromatic rings. The maximum absolute atomic E-state index is 3.50. The molecule has 0 radical (unpaired) electrons. The minimum Gasteiger partial charge on any atom is -0.310 e. The number of hydrogen-bond donors (Lipinski definition) is 1. The van der Waals surface area contributed by atoms with E-state index in [1.165, 1.54) is 31.7 Å². The van der Waals surface area contributed by atoms with Gasteiger partial charge in [0.1, 0.15) is 0 Å². The van der Waals surface area contributed by atoms with Crippen LogP contribution in [0.25, 0.3) is 10.1 Å². The van der Waals surface area contributed by atoms with Crippen LogP contribution in [0.5, 0.6) is 0 Å². The van der Waals surface area contributed by atoms with Crippen molar-refractivity contribution in [2.45, 2.75) is 47.2 Å². The molecule has 1 heterocycles. The Bertz CT molecular complexity index is 537. The van der Waals surface area contributed by atoms with Crippen molar-refractivity contribution in [1.29, 1.82) is 0 Å². The lowest BCUT2D eigenvalue weighted by Gasteiger charge is -2.06. The van der Waals surface area contributed by atoms with Crippen LogP contribution >= 0.6 is 11.3 Å². The fourth-order valence-corrected chi connectivity index (χ4v) is 3.23. The van der Waals surface area contributed by atoms with Crippen molar-refractivity contribution in [3.05, 3.63) is 33.7 Å². The van der Waals surface area contributed by atoms with E-state index in [9.17, 15) is 0 Å². The molecular weight excluding hydrogens is 226 g/mol. The minimum absolute atomic E-state index is 0.545.